The summed E-state index contributed by atoms with van der Waals surface area (Å²) in [6, 6.07) is 10.1. The third kappa shape index (κ3) is 4.22. The summed E-state index contributed by atoms with van der Waals surface area (Å²) in [5.41, 5.74) is -2.73. The summed E-state index contributed by atoms with van der Waals surface area (Å²) in [5, 5.41) is 9.06. The molecule has 0 atom stereocenters. The highest BCUT2D eigenvalue weighted by molar-refractivity contribution is 7.81. The molecule has 38 heavy (non-hydrogen) atoms. The number of thiocarbonyl (C=S) groups is 1. The van der Waals surface area contributed by atoms with Crippen molar-refractivity contribution in [2.45, 2.75) is 37.4 Å². The second-order valence-corrected chi connectivity index (χ2v) is 9.24. The Bertz CT molecular complexity index is 1450. The van der Waals surface area contributed by atoms with Gasteiger partial charge in [0.25, 0.3) is 5.91 Å². The van der Waals surface area contributed by atoms with Gasteiger partial charge in [-0.15, -0.1) is 0 Å². The molecular weight excluding hydrogens is 522 g/mol. The molecule has 1 saturated carbocycles. The Kier molecular flexibility index (Phi) is 6.48. The third-order valence-corrected chi connectivity index (χ3v) is 7.09. The number of hydrogen-bond acceptors (Lipinski definition) is 6. The van der Waals surface area contributed by atoms with Crippen molar-refractivity contribution in [1.29, 1.82) is 5.26 Å². The van der Waals surface area contributed by atoms with Crippen LogP contribution in [0.3, 0.4) is 0 Å². The van der Waals surface area contributed by atoms with Gasteiger partial charge >= 0.3 is 6.18 Å². The lowest BCUT2D eigenvalue weighted by molar-refractivity contribution is -0.137. The monoisotopic (exact) mass is 541 g/mol. The van der Waals surface area contributed by atoms with Crippen LogP contribution >= 0.6 is 12.2 Å². The van der Waals surface area contributed by atoms with Gasteiger partial charge in [-0.25, -0.2) is 9.37 Å². The Hall–Kier alpha value is -4.11. The van der Waals surface area contributed by atoms with Crippen LogP contribution in [0.15, 0.2) is 55.0 Å². The number of carbonyl (C=O) groups excluding carboxylic acids is 1. The molecule has 2 aromatic heterocycles. The normalized spacial score (nSPS) is 16.5. The van der Waals surface area contributed by atoms with E-state index in [-0.39, 0.29) is 17.5 Å². The maximum Gasteiger partial charge on any atom is 0.421 e. The predicted molar refractivity (Wildman–Crippen MR) is 133 cm³/mol. The van der Waals surface area contributed by atoms with Crippen molar-refractivity contribution in [3.63, 3.8) is 0 Å². The number of nitrogens with zero attached hydrogens (tertiary/aromatic N) is 5. The number of pyridine rings is 2. The first kappa shape index (κ1) is 25.5. The number of aromatic nitrogens is 2. The average Bonchev–Trinajstić information content (AvgIpc) is 3.11. The zero-order valence-corrected chi connectivity index (χ0v) is 20.5. The molecule has 0 N–H and O–H groups in total. The second kappa shape index (κ2) is 9.64. The minimum absolute atomic E-state index is 0.0774. The molecule has 0 unspecified atom stereocenters. The fourth-order valence-electron chi connectivity index (χ4n) is 4.77. The Morgan fingerprint density at radius 2 is 1.87 bits per heavy atom. The van der Waals surface area contributed by atoms with E-state index < -0.39 is 40.4 Å². The molecule has 12 heteroatoms. The number of amides is 1. The molecule has 0 radical (unpaired) electrons. The van der Waals surface area contributed by atoms with Crippen LogP contribution < -0.4 is 14.5 Å². The first-order chi connectivity index (χ1) is 18.2. The molecule has 0 bridgehead atoms. The number of hydrogen-bond donors (Lipinski definition) is 0. The fourth-order valence-corrected chi connectivity index (χ4v) is 5.23. The lowest BCUT2D eigenvalue weighted by Crippen LogP contribution is -2.55. The molecule has 2 fully saturated rings. The minimum Gasteiger partial charge on any atom is -0.490 e. The summed E-state index contributed by atoms with van der Waals surface area (Å²) in [6.45, 7) is 0.161. The van der Waals surface area contributed by atoms with E-state index in [9.17, 15) is 27.6 Å². The average molecular weight is 542 g/mol. The van der Waals surface area contributed by atoms with Crippen molar-refractivity contribution < 1.29 is 27.1 Å². The molecule has 1 aliphatic heterocycles. The van der Waals surface area contributed by atoms with Crippen LogP contribution in [-0.2, 0) is 17.4 Å². The SMILES string of the molecule is N#Cc1nccc(N2C(=O)C3(CCC3)N(c3ccc(F)c(OCCc4ccncc4)c3)C2=S)c1C(F)(F)F. The van der Waals surface area contributed by atoms with Gasteiger partial charge in [0.2, 0.25) is 0 Å². The van der Waals surface area contributed by atoms with E-state index >= 15 is 0 Å². The minimum atomic E-state index is -4.96. The van der Waals surface area contributed by atoms with Crippen molar-refractivity contribution in [3.8, 4) is 11.8 Å². The standard InChI is InChI=1S/C26H19F4N5O2S/c27-18-3-2-17(14-21(18)37-13-7-16-4-10-32-11-5-16)35-24(38)34(23(36)25(35)8-1-9-25)20-6-12-33-19(15-31)22(20)26(28,29)30/h2-6,10-12,14H,1,7-9,13H2. The van der Waals surface area contributed by atoms with Crippen LogP contribution in [-0.4, -0.2) is 33.1 Å². The highest BCUT2D eigenvalue weighted by Gasteiger charge is 2.60. The lowest BCUT2D eigenvalue weighted by atomic mass is 9.75. The third-order valence-electron chi connectivity index (χ3n) is 6.72. The van der Waals surface area contributed by atoms with Gasteiger partial charge in [0.1, 0.15) is 17.2 Å². The van der Waals surface area contributed by atoms with Crippen LogP contribution in [0.1, 0.15) is 36.1 Å². The largest absolute Gasteiger partial charge is 0.490 e. The predicted octanol–water partition coefficient (Wildman–Crippen LogP) is 5.19. The van der Waals surface area contributed by atoms with Crippen molar-refractivity contribution in [2.24, 2.45) is 0 Å². The quantitative estimate of drug-likeness (QED) is 0.314. The van der Waals surface area contributed by atoms with Gasteiger partial charge in [-0.05, 0) is 67.4 Å². The van der Waals surface area contributed by atoms with Crippen molar-refractivity contribution in [1.82, 2.24) is 9.97 Å². The molecule has 1 aromatic carbocycles. The van der Waals surface area contributed by atoms with Crippen molar-refractivity contribution in [3.05, 3.63) is 77.6 Å². The van der Waals surface area contributed by atoms with Gasteiger partial charge in [-0.2, -0.15) is 18.4 Å². The first-order valence-electron chi connectivity index (χ1n) is 11.6. The summed E-state index contributed by atoms with van der Waals surface area (Å²) < 4.78 is 62.3. The van der Waals surface area contributed by atoms with Gasteiger partial charge in [0, 0.05) is 36.8 Å². The first-order valence-corrected chi connectivity index (χ1v) is 12.0. The number of benzene rings is 1. The number of halogens is 4. The molecular formula is C26H19F4N5O2S. The number of anilines is 2. The zero-order chi connectivity index (χ0) is 27.1. The molecule has 2 aliphatic rings. The molecule has 1 saturated heterocycles. The number of carbonyl (C=O) groups is 1. The maximum atomic E-state index is 14.6. The number of alkyl halides is 3. The van der Waals surface area contributed by atoms with E-state index in [4.69, 9.17) is 17.0 Å². The van der Waals surface area contributed by atoms with Crippen LogP contribution in [0.4, 0.5) is 28.9 Å². The zero-order valence-electron chi connectivity index (χ0n) is 19.7. The van der Waals surface area contributed by atoms with Crippen LogP contribution in [0.5, 0.6) is 5.75 Å². The molecule has 3 aromatic rings. The van der Waals surface area contributed by atoms with Crippen LogP contribution in [0.2, 0.25) is 0 Å². The summed E-state index contributed by atoms with van der Waals surface area (Å²) in [5.74, 6) is -1.35. The molecule has 7 nitrogen and oxygen atoms in total. The summed E-state index contributed by atoms with van der Waals surface area (Å²) >= 11 is 5.56. The molecule has 1 aliphatic carbocycles. The van der Waals surface area contributed by atoms with Crippen molar-refractivity contribution in [2.75, 3.05) is 16.4 Å². The van der Waals surface area contributed by atoms with E-state index in [1.807, 2.05) is 12.1 Å². The Morgan fingerprint density at radius 1 is 1.13 bits per heavy atom. The molecule has 194 valence electrons. The van der Waals surface area contributed by atoms with Gasteiger partial charge in [-0.1, -0.05) is 0 Å². The van der Waals surface area contributed by atoms with Crippen LogP contribution in [0, 0.1) is 17.1 Å². The van der Waals surface area contributed by atoms with Crippen molar-refractivity contribution >= 4 is 34.6 Å². The number of rotatable bonds is 6. The van der Waals surface area contributed by atoms with E-state index in [1.54, 1.807) is 12.4 Å². The summed E-state index contributed by atoms with van der Waals surface area (Å²) in [7, 11) is 0. The molecule has 1 spiro atoms. The molecule has 5 rings (SSSR count). The summed E-state index contributed by atoms with van der Waals surface area (Å²) in [4.78, 5) is 23.4. The highest BCUT2D eigenvalue weighted by atomic mass is 32.1. The lowest BCUT2D eigenvalue weighted by Gasteiger charge is -2.43. The highest BCUT2D eigenvalue weighted by Crippen LogP contribution is 2.50. The van der Waals surface area contributed by atoms with Gasteiger partial charge < -0.3 is 9.64 Å². The number of ether oxygens (including phenoxy) is 1. The molecule has 3 heterocycles. The second-order valence-electron chi connectivity index (χ2n) is 8.88. The molecule has 1 amide bonds. The Labute approximate surface area is 220 Å². The van der Waals surface area contributed by atoms with Gasteiger partial charge in [0.05, 0.1) is 12.3 Å². The van der Waals surface area contributed by atoms with Crippen LogP contribution in [0.25, 0.3) is 0 Å². The van der Waals surface area contributed by atoms with E-state index in [1.165, 1.54) is 29.2 Å². The maximum absolute atomic E-state index is 14.6. The smallest absolute Gasteiger partial charge is 0.421 e. The van der Waals surface area contributed by atoms with E-state index in [0.717, 1.165) is 22.7 Å². The van der Waals surface area contributed by atoms with Gasteiger partial charge in [-0.3, -0.25) is 14.7 Å². The van der Waals surface area contributed by atoms with E-state index in [0.29, 0.717) is 31.4 Å². The topological polar surface area (TPSA) is 82.4 Å². The summed E-state index contributed by atoms with van der Waals surface area (Å²) in [6.07, 6.45) is 1.18. The fraction of sp³-hybridized carbons (Fsp3) is 0.269. The van der Waals surface area contributed by atoms with E-state index in [2.05, 4.69) is 9.97 Å². The number of nitriles is 1. The Morgan fingerprint density at radius 3 is 2.50 bits per heavy atom. The Balaban J connectivity index is 1.50. The van der Waals surface area contributed by atoms with Gasteiger partial charge in [0.15, 0.2) is 22.4 Å².